The largest absolute Gasteiger partial charge is 0.389 e. The summed E-state index contributed by atoms with van der Waals surface area (Å²) in [6, 6.07) is 9.49. The zero-order valence-corrected chi connectivity index (χ0v) is 19.7. The summed E-state index contributed by atoms with van der Waals surface area (Å²) in [7, 11) is 0. The number of aromatic amines is 1. The van der Waals surface area contributed by atoms with E-state index in [2.05, 4.69) is 32.8 Å². The number of halogens is 2. The van der Waals surface area contributed by atoms with E-state index in [1.54, 1.807) is 12.2 Å². The maximum absolute atomic E-state index is 14.1. The van der Waals surface area contributed by atoms with Gasteiger partial charge in [-0.05, 0) is 43.6 Å². The van der Waals surface area contributed by atoms with E-state index in [9.17, 15) is 18.7 Å². The monoisotopic (exact) mass is 475 g/mol. The van der Waals surface area contributed by atoms with E-state index in [-0.39, 0.29) is 12.5 Å². The first-order chi connectivity index (χ1) is 16.4. The number of aryl methyl sites for hydroxylation is 2. The summed E-state index contributed by atoms with van der Waals surface area (Å²) in [6.45, 7) is 2.25. The van der Waals surface area contributed by atoms with Gasteiger partial charge in [-0.25, -0.2) is 0 Å². The van der Waals surface area contributed by atoms with Crippen LogP contribution in [0, 0.1) is 5.92 Å². The summed E-state index contributed by atoms with van der Waals surface area (Å²) >= 11 is 0. The Labute approximate surface area is 199 Å². The quantitative estimate of drug-likeness (QED) is 0.317. The lowest BCUT2D eigenvalue weighted by Crippen LogP contribution is -2.36. The van der Waals surface area contributed by atoms with E-state index in [1.807, 2.05) is 25.1 Å². The molecule has 0 bridgehead atoms. The number of carbonyl (C=O) groups is 1. The number of H-pyrrole nitrogens is 1. The van der Waals surface area contributed by atoms with E-state index in [4.69, 9.17) is 0 Å². The lowest BCUT2D eigenvalue weighted by atomic mass is 9.95. The molecule has 1 aromatic heterocycles. The number of aromatic nitrogens is 4. The Morgan fingerprint density at radius 3 is 2.68 bits per heavy atom. The van der Waals surface area contributed by atoms with Crippen molar-refractivity contribution in [1.82, 2.24) is 25.5 Å². The molecule has 34 heavy (non-hydrogen) atoms. The van der Waals surface area contributed by atoms with Crippen LogP contribution in [0.5, 0.6) is 0 Å². The molecule has 1 aliphatic rings. The summed E-state index contributed by atoms with van der Waals surface area (Å²) in [5.41, 5.74) is 1.26. The standard InChI is InChI=1S/C25H35F2N5O2/c1-19(10-9-13-20-11-5-4-6-12-20)22(33)16-15-21-18-25(26,27)24(34)32(21)17-8-3-2-7-14-23-28-30-31-29-23/h4-6,11-12,15-16,19,21-22,33H,2-3,7-10,13-14,17-18H2,1H3,(H,28,29,30,31)/b16-15+/t19-,21-,22+/m0/s1. The topological polar surface area (TPSA) is 95.0 Å². The third-order valence-electron chi connectivity index (χ3n) is 6.46. The van der Waals surface area contributed by atoms with Gasteiger partial charge in [-0.15, -0.1) is 10.2 Å². The Hall–Kier alpha value is -2.68. The van der Waals surface area contributed by atoms with Crippen LogP contribution in [0.25, 0.3) is 0 Å². The summed E-state index contributed by atoms with van der Waals surface area (Å²) in [5, 5.41) is 24.2. The molecule has 1 aliphatic heterocycles. The minimum absolute atomic E-state index is 0.00485. The van der Waals surface area contributed by atoms with Gasteiger partial charge in [0.05, 0.1) is 12.1 Å². The highest BCUT2D eigenvalue weighted by molar-refractivity contribution is 5.86. The van der Waals surface area contributed by atoms with Crippen LogP contribution in [0.3, 0.4) is 0 Å². The van der Waals surface area contributed by atoms with Crippen LogP contribution in [0.2, 0.25) is 0 Å². The molecule has 0 saturated carbocycles. The van der Waals surface area contributed by atoms with Crippen molar-refractivity contribution in [1.29, 1.82) is 0 Å². The summed E-state index contributed by atoms with van der Waals surface area (Å²) < 4.78 is 28.3. The van der Waals surface area contributed by atoms with Crippen molar-refractivity contribution in [2.24, 2.45) is 5.92 Å². The molecule has 0 radical (unpaired) electrons. The van der Waals surface area contributed by atoms with Crippen LogP contribution in [0.15, 0.2) is 42.5 Å². The van der Waals surface area contributed by atoms with Gasteiger partial charge in [0.15, 0.2) is 5.82 Å². The molecule has 0 aliphatic carbocycles. The Balaban J connectivity index is 1.42. The van der Waals surface area contributed by atoms with Crippen LogP contribution >= 0.6 is 0 Å². The average molecular weight is 476 g/mol. The number of carbonyl (C=O) groups excluding carboxylic acids is 1. The van der Waals surface area contributed by atoms with Gasteiger partial charge in [0.1, 0.15) is 0 Å². The van der Waals surface area contributed by atoms with Crippen LogP contribution in [-0.2, 0) is 17.6 Å². The number of rotatable bonds is 14. The number of unbranched alkanes of at least 4 members (excludes halogenated alkanes) is 3. The van der Waals surface area contributed by atoms with Gasteiger partial charge in [-0.1, -0.05) is 67.5 Å². The average Bonchev–Trinajstić information content (AvgIpc) is 3.42. The zero-order valence-electron chi connectivity index (χ0n) is 19.7. The minimum atomic E-state index is -3.35. The predicted molar refractivity (Wildman–Crippen MR) is 125 cm³/mol. The van der Waals surface area contributed by atoms with Crippen molar-refractivity contribution in [3.05, 3.63) is 53.9 Å². The van der Waals surface area contributed by atoms with Crippen LogP contribution in [0.1, 0.15) is 63.3 Å². The van der Waals surface area contributed by atoms with Gasteiger partial charge >= 0.3 is 5.92 Å². The van der Waals surface area contributed by atoms with Crippen LogP contribution in [-0.4, -0.2) is 61.2 Å². The predicted octanol–water partition coefficient (Wildman–Crippen LogP) is 4.11. The van der Waals surface area contributed by atoms with Gasteiger partial charge in [-0.2, -0.15) is 14.0 Å². The molecule has 0 unspecified atom stereocenters. The third-order valence-corrected chi connectivity index (χ3v) is 6.46. The number of likely N-dealkylation sites (tertiary alicyclic amines) is 1. The van der Waals surface area contributed by atoms with Crippen LogP contribution in [0.4, 0.5) is 8.78 Å². The molecule has 7 nitrogen and oxygen atoms in total. The zero-order chi connectivity index (χ0) is 24.4. The highest BCUT2D eigenvalue weighted by atomic mass is 19.3. The number of hydrogen-bond donors (Lipinski definition) is 2. The smallest absolute Gasteiger partial charge is 0.327 e. The molecule has 2 heterocycles. The number of aliphatic hydroxyl groups excluding tert-OH is 1. The van der Waals surface area contributed by atoms with Gasteiger partial charge in [-0.3, -0.25) is 4.79 Å². The van der Waals surface area contributed by atoms with Gasteiger partial charge in [0.2, 0.25) is 0 Å². The van der Waals surface area contributed by atoms with Crippen molar-refractivity contribution >= 4 is 5.91 Å². The van der Waals surface area contributed by atoms with Crippen molar-refractivity contribution in [3.8, 4) is 0 Å². The Morgan fingerprint density at radius 1 is 1.18 bits per heavy atom. The second kappa shape index (κ2) is 12.7. The van der Waals surface area contributed by atoms with E-state index < -0.39 is 30.4 Å². The normalized spacial score (nSPS) is 19.7. The third kappa shape index (κ3) is 7.68. The molecule has 0 spiro atoms. The highest BCUT2D eigenvalue weighted by Gasteiger charge is 2.52. The number of hydrogen-bond acceptors (Lipinski definition) is 5. The Kier molecular flexibility index (Phi) is 9.68. The fourth-order valence-electron chi connectivity index (χ4n) is 4.34. The first-order valence-electron chi connectivity index (χ1n) is 12.2. The number of aliphatic hydroxyl groups is 1. The van der Waals surface area contributed by atoms with Crippen molar-refractivity contribution in [3.63, 3.8) is 0 Å². The molecule has 9 heteroatoms. The molecule has 2 aromatic rings. The van der Waals surface area contributed by atoms with Crippen molar-refractivity contribution in [2.45, 2.75) is 82.8 Å². The molecule has 1 aromatic carbocycles. The molecular weight excluding hydrogens is 440 g/mol. The van der Waals surface area contributed by atoms with Gasteiger partial charge in [0.25, 0.3) is 5.91 Å². The SMILES string of the molecule is C[C@@H](CCCc1ccccc1)[C@H](O)/C=C/[C@H]1CC(F)(F)C(=O)N1CCCCCCc1nn[nH]n1. The first kappa shape index (κ1) is 25.9. The summed E-state index contributed by atoms with van der Waals surface area (Å²) in [6.07, 6.45) is 8.58. The fraction of sp³-hybridized carbons (Fsp3) is 0.600. The molecule has 1 fully saturated rings. The van der Waals surface area contributed by atoms with Crippen molar-refractivity contribution in [2.75, 3.05) is 6.54 Å². The van der Waals surface area contributed by atoms with Gasteiger partial charge < -0.3 is 10.0 Å². The van der Waals surface area contributed by atoms with Gasteiger partial charge in [0, 0.05) is 19.4 Å². The number of benzene rings is 1. The van der Waals surface area contributed by atoms with Crippen molar-refractivity contribution < 1.29 is 18.7 Å². The van der Waals surface area contributed by atoms with E-state index in [1.165, 1.54) is 10.5 Å². The second-order valence-corrected chi connectivity index (χ2v) is 9.20. The molecule has 186 valence electrons. The molecule has 2 N–H and O–H groups in total. The molecule has 1 saturated heterocycles. The Morgan fingerprint density at radius 2 is 1.94 bits per heavy atom. The Bertz CT molecular complexity index is 892. The number of tetrazole rings is 1. The second-order valence-electron chi connectivity index (χ2n) is 9.20. The maximum atomic E-state index is 14.1. The molecule has 3 atom stereocenters. The van der Waals surface area contributed by atoms with E-state index in [0.717, 1.165) is 38.5 Å². The number of alkyl halides is 2. The number of nitrogens with one attached hydrogen (secondary N) is 1. The fourth-order valence-corrected chi connectivity index (χ4v) is 4.34. The highest BCUT2D eigenvalue weighted by Crippen LogP contribution is 2.34. The van der Waals surface area contributed by atoms with Crippen LogP contribution < -0.4 is 0 Å². The lowest BCUT2D eigenvalue weighted by molar-refractivity contribution is -0.148. The first-order valence-corrected chi connectivity index (χ1v) is 12.2. The summed E-state index contributed by atoms with van der Waals surface area (Å²) in [5.74, 6) is -3.79. The number of nitrogens with zero attached hydrogens (tertiary/aromatic N) is 4. The lowest BCUT2D eigenvalue weighted by Gasteiger charge is -2.22. The molecular formula is C25H35F2N5O2. The maximum Gasteiger partial charge on any atom is 0.327 e. The number of amides is 1. The summed E-state index contributed by atoms with van der Waals surface area (Å²) in [4.78, 5) is 13.5. The van der Waals surface area contributed by atoms with E-state index >= 15 is 0 Å². The van der Waals surface area contributed by atoms with E-state index in [0.29, 0.717) is 18.7 Å². The minimum Gasteiger partial charge on any atom is -0.389 e. The molecule has 1 amide bonds. The molecule has 3 rings (SSSR count).